The van der Waals surface area contributed by atoms with Crippen molar-refractivity contribution in [3.8, 4) is 0 Å². The first kappa shape index (κ1) is 25.2. The molecule has 0 fully saturated rings. The second-order valence-corrected chi connectivity index (χ2v) is 7.54. The zero-order chi connectivity index (χ0) is 23.5. The highest BCUT2D eigenvalue weighted by Gasteiger charge is 2.13. The lowest BCUT2D eigenvalue weighted by Gasteiger charge is -2.09. The molecule has 0 heterocycles. The Labute approximate surface area is 195 Å². The summed E-state index contributed by atoms with van der Waals surface area (Å²) < 4.78 is 5.12. The van der Waals surface area contributed by atoms with Gasteiger partial charge in [0.15, 0.2) is 0 Å². The van der Waals surface area contributed by atoms with E-state index in [1.54, 1.807) is 24.3 Å². The number of hydrogen-bond donors (Lipinski definition) is 3. The highest BCUT2D eigenvalue weighted by Crippen LogP contribution is 2.20. The normalized spacial score (nSPS) is 10.2. The van der Waals surface area contributed by atoms with Gasteiger partial charge in [0.1, 0.15) is 0 Å². The van der Waals surface area contributed by atoms with E-state index in [2.05, 4.69) is 16.0 Å². The number of anilines is 1. The molecule has 2 rings (SSSR count). The number of ether oxygens (including phenoxy) is 1. The third-order valence-corrected chi connectivity index (χ3v) is 4.71. The summed E-state index contributed by atoms with van der Waals surface area (Å²) >= 11 is 11.7. The first-order chi connectivity index (χ1) is 15.3. The monoisotopic (exact) mass is 479 g/mol. The Hall–Kier alpha value is -3.10. The molecule has 0 unspecified atom stereocenters. The maximum Gasteiger partial charge on any atom is 0.338 e. The van der Waals surface area contributed by atoms with Crippen LogP contribution in [-0.4, -0.2) is 43.4 Å². The summed E-state index contributed by atoms with van der Waals surface area (Å²) in [4.78, 5) is 47.8. The number of rotatable bonds is 10. The molecule has 0 bridgehead atoms. The highest BCUT2D eigenvalue weighted by atomic mass is 35.5. The van der Waals surface area contributed by atoms with Gasteiger partial charge in [0.2, 0.25) is 11.8 Å². The van der Waals surface area contributed by atoms with Gasteiger partial charge in [0.05, 0.1) is 35.8 Å². The zero-order valence-electron chi connectivity index (χ0n) is 17.4. The molecule has 0 spiro atoms. The third kappa shape index (κ3) is 8.20. The Bertz CT molecular complexity index is 980. The van der Waals surface area contributed by atoms with Crippen LogP contribution in [0.5, 0.6) is 0 Å². The van der Waals surface area contributed by atoms with E-state index < -0.39 is 23.7 Å². The van der Waals surface area contributed by atoms with Crippen molar-refractivity contribution in [2.45, 2.75) is 19.8 Å². The predicted molar refractivity (Wildman–Crippen MR) is 122 cm³/mol. The van der Waals surface area contributed by atoms with Crippen LogP contribution < -0.4 is 16.0 Å². The van der Waals surface area contributed by atoms with E-state index in [0.29, 0.717) is 22.9 Å². The van der Waals surface area contributed by atoms with Crippen molar-refractivity contribution in [3.05, 3.63) is 63.6 Å². The van der Waals surface area contributed by atoms with Gasteiger partial charge in [-0.1, -0.05) is 36.5 Å². The third-order valence-electron chi connectivity index (χ3n) is 4.17. The van der Waals surface area contributed by atoms with E-state index in [1.165, 1.54) is 18.2 Å². The number of hydrogen-bond acceptors (Lipinski definition) is 5. The minimum atomic E-state index is -0.552. The Kier molecular flexibility index (Phi) is 9.97. The fourth-order valence-corrected chi connectivity index (χ4v) is 2.95. The Balaban J connectivity index is 1.73. The molecule has 170 valence electrons. The van der Waals surface area contributed by atoms with Crippen molar-refractivity contribution >= 4 is 52.6 Å². The topological polar surface area (TPSA) is 114 Å². The summed E-state index contributed by atoms with van der Waals surface area (Å²) in [6.07, 6.45) is 1.72. The number of benzene rings is 2. The summed E-state index contributed by atoms with van der Waals surface area (Å²) in [5, 5.41) is 7.96. The van der Waals surface area contributed by atoms with Crippen LogP contribution in [0.25, 0.3) is 0 Å². The van der Waals surface area contributed by atoms with E-state index in [4.69, 9.17) is 27.9 Å². The van der Waals surface area contributed by atoms with Crippen LogP contribution >= 0.6 is 23.2 Å². The molecule has 8 nitrogen and oxygen atoms in total. The summed E-state index contributed by atoms with van der Waals surface area (Å²) in [5.74, 6) is -1.99. The van der Waals surface area contributed by atoms with Crippen molar-refractivity contribution in [2.24, 2.45) is 0 Å². The second kappa shape index (κ2) is 12.7. The van der Waals surface area contributed by atoms with Crippen LogP contribution in [0.15, 0.2) is 42.5 Å². The Morgan fingerprint density at radius 3 is 2.25 bits per heavy atom. The van der Waals surface area contributed by atoms with Gasteiger partial charge in [-0.2, -0.15) is 0 Å². The molecule has 0 aliphatic rings. The van der Waals surface area contributed by atoms with Gasteiger partial charge in [-0.15, -0.1) is 0 Å². The van der Waals surface area contributed by atoms with Crippen LogP contribution in [0, 0.1) is 0 Å². The molecule has 3 N–H and O–H groups in total. The number of halogens is 2. The highest BCUT2D eigenvalue weighted by molar-refractivity contribution is 6.36. The summed E-state index contributed by atoms with van der Waals surface area (Å²) in [6.45, 7) is 1.74. The molecule has 0 aliphatic carbocycles. The average Bonchev–Trinajstić information content (AvgIpc) is 2.76. The second-order valence-electron chi connectivity index (χ2n) is 6.70. The van der Waals surface area contributed by atoms with Crippen molar-refractivity contribution in [1.82, 2.24) is 10.6 Å². The molecular formula is C22H23Cl2N3O5. The van der Waals surface area contributed by atoms with Crippen LogP contribution in [0.2, 0.25) is 10.0 Å². The SMILES string of the molecule is CCCCOC(=O)c1ccc(NC(=O)CNC(=O)CNC(=O)c2ccc(Cl)cc2Cl)cc1. The van der Waals surface area contributed by atoms with Crippen LogP contribution in [-0.2, 0) is 14.3 Å². The fraction of sp³-hybridized carbons (Fsp3) is 0.273. The first-order valence-electron chi connectivity index (χ1n) is 9.87. The molecule has 0 saturated heterocycles. The minimum Gasteiger partial charge on any atom is -0.462 e. The van der Waals surface area contributed by atoms with E-state index in [-0.39, 0.29) is 23.7 Å². The predicted octanol–water partition coefficient (Wildman–Crippen LogP) is 3.44. The number of amides is 3. The van der Waals surface area contributed by atoms with E-state index in [1.807, 2.05) is 6.92 Å². The lowest BCUT2D eigenvalue weighted by molar-refractivity contribution is -0.123. The summed E-state index contributed by atoms with van der Waals surface area (Å²) in [6, 6.07) is 10.6. The van der Waals surface area contributed by atoms with Gasteiger partial charge in [-0.3, -0.25) is 14.4 Å². The Morgan fingerprint density at radius 2 is 1.59 bits per heavy atom. The van der Waals surface area contributed by atoms with E-state index in [0.717, 1.165) is 12.8 Å². The smallest absolute Gasteiger partial charge is 0.338 e. The van der Waals surface area contributed by atoms with Gasteiger partial charge in [-0.05, 0) is 48.9 Å². The Morgan fingerprint density at radius 1 is 0.906 bits per heavy atom. The van der Waals surface area contributed by atoms with Crippen molar-refractivity contribution in [2.75, 3.05) is 25.0 Å². The maximum absolute atomic E-state index is 12.1. The summed E-state index contributed by atoms with van der Waals surface area (Å²) in [5.41, 5.74) is 1.02. The van der Waals surface area contributed by atoms with Gasteiger partial charge in [0, 0.05) is 10.7 Å². The molecule has 2 aromatic rings. The number of esters is 1. The molecule has 3 amide bonds. The number of carbonyl (C=O) groups is 4. The van der Waals surface area contributed by atoms with Gasteiger partial charge in [-0.25, -0.2) is 4.79 Å². The molecule has 2 aromatic carbocycles. The van der Waals surface area contributed by atoms with Crippen molar-refractivity contribution < 1.29 is 23.9 Å². The molecule has 0 radical (unpaired) electrons. The lowest BCUT2D eigenvalue weighted by atomic mass is 10.2. The number of unbranched alkanes of at least 4 members (excludes halogenated alkanes) is 1. The number of carbonyl (C=O) groups excluding carboxylic acids is 4. The number of nitrogens with one attached hydrogen (secondary N) is 3. The fourth-order valence-electron chi connectivity index (χ4n) is 2.46. The maximum atomic E-state index is 12.1. The van der Waals surface area contributed by atoms with Crippen LogP contribution in [0.1, 0.15) is 40.5 Å². The van der Waals surface area contributed by atoms with Gasteiger partial charge < -0.3 is 20.7 Å². The van der Waals surface area contributed by atoms with E-state index >= 15 is 0 Å². The average molecular weight is 480 g/mol. The van der Waals surface area contributed by atoms with Gasteiger partial charge in [0.25, 0.3) is 5.91 Å². The van der Waals surface area contributed by atoms with E-state index in [9.17, 15) is 19.2 Å². The molecular weight excluding hydrogens is 457 g/mol. The summed E-state index contributed by atoms with van der Waals surface area (Å²) in [7, 11) is 0. The lowest BCUT2D eigenvalue weighted by Crippen LogP contribution is -2.40. The minimum absolute atomic E-state index is 0.162. The zero-order valence-corrected chi connectivity index (χ0v) is 18.9. The molecule has 32 heavy (non-hydrogen) atoms. The van der Waals surface area contributed by atoms with Crippen molar-refractivity contribution in [3.63, 3.8) is 0 Å². The molecule has 0 aliphatic heterocycles. The standard InChI is InChI=1S/C22H23Cl2N3O5/c1-2-3-10-32-22(31)14-4-7-16(8-5-14)27-20(29)13-25-19(28)12-26-21(30)17-9-6-15(23)11-18(17)24/h4-9,11H,2-3,10,12-13H2,1H3,(H,25,28)(H,26,30)(H,27,29). The molecule has 0 aromatic heterocycles. The first-order valence-corrected chi connectivity index (χ1v) is 10.6. The van der Waals surface area contributed by atoms with Gasteiger partial charge >= 0.3 is 5.97 Å². The van der Waals surface area contributed by atoms with Crippen molar-refractivity contribution in [1.29, 1.82) is 0 Å². The van der Waals surface area contributed by atoms with Crippen LogP contribution in [0.3, 0.4) is 0 Å². The van der Waals surface area contributed by atoms with Crippen LogP contribution in [0.4, 0.5) is 5.69 Å². The quantitative estimate of drug-likeness (QED) is 0.356. The molecule has 0 saturated carbocycles. The largest absolute Gasteiger partial charge is 0.462 e. The molecule has 0 atom stereocenters. The molecule has 10 heteroatoms.